The zero-order valence-corrected chi connectivity index (χ0v) is 14.9. The van der Waals surface area contributed by atoms with Crippen molar-refractivity contribution < 1.29 is 18.8 Å². The van der Waals surface area contributed by atoms with Gasteiger partial charge in [-0.25, -0.2) is 9.59 Å². The van der Waals surface area contributed by atoms with Gasteiger partial charge in [0.2, 0.25) is 0 Å². The minimum absolute atomic E-state index is 0.0488. The second-order valence-corrected chi connectivity index (χ2v) is 6.76. The Morgan fingerprint density at radius 3 is 2.35 bits per heavy atom. The van der Waals surface area contributed by atoms with Crippen molar-refractivity contribution >= 4 is 28.8 Å². The maximum atomic E-state index is 12.5. The number of rotatable bonds is 5. The van der Waals surface area contributed by atoms with E-state index >= 15 is 0 Å². The van der Waals surface area contributed by atoms with Crippen molar-refractivity contribution in [1.29, 1.82) is 0 Å². The largest absolute Gasteiger partial charge is 0.423 e. The summed E-state index contributed by atoms with van der Waals surface area (Å²) in [6.45, 7) is 5.73. The number of fused-ring (bicyclic) bond motifs is 1. The molecule has 1 aliphatic rings. The van der Waals surface area contributed by atoms with Gasteiger partial charge in [-0.3, -0.25) is 19.4 Å². The predicted octanol–water partition coefficient (Wildman–Crippen LogP) is 2.30. The normalized spacial score (nSPS) is 15.0. The van der Waals surface area contributed by atoms with E-state index in [-0.39, 0.29) is 19.0 Å². The molecule has 1 fully saturated rings. The molecule has 26 heavy (non-hydrogen) atoms. The summed E-state index contributed by atoms with van der Waals surface area (Å²) in [5.41, 5.74) is 1.31. The summed E-state index contributed by atoms with van der Waals surface area (Å²) in [5, 5.41) is 0.636. The fourth-order valence-corrected chi connectivity index (χ4v) is 3.01. The molecule has 0 spiro atoms. The first-order valence-electron chi connectivity index (χ1n) is 8.54. The Balaban J connectivity index is 1.98. The molecule has 7 heteroatoms. The van der Waals surface area contributed by atoms with Crippen LogP contribution in [0.5, 0.6) is 0 Å². The van der Waals surface area contributed by atoms with E-state index in [1.54, 1.807) is 12.1 Å². The molecule has 0 aliphatic carbocycles. The van der Waals surface area contributed by atoms with Gasteiger partial charge in [0.1, 0.15) is 5.58 Å². The molecule has 0 atom stereocenters. The summed E-state index contributed by atoms with van der Waals surface area (Å²) in [6.07, 6.45) is 0.783. The second kappa shape index (κ2) is 6.74. The molecule has 136 valence electrons. The lowest BCUT2D eigenvalue weighted by Gasteiger charge is -2.17. The average Bonchev–Trinajstić information content (AvgIpc) is 2.78. The molecule has 2 aromatic rings. The number of carbonyl (C=O) groups excluding carboxylic acids is 3. The van der Waals surface area contributed by atoms with E-state index in [1.165, 1.54) is 6.07 Å². The van der Waals surface area contributed by atoms with E-state index in [9.17, 15) is 19.2 Å². The van der Waals surface area contributed by atoms with Gasteiger partial charge in [0, 0.05) is 18.0 Å². The lowest BCUT2D eigenvalue weighted by Crippen LogP contribution is -2.35. The lowest BCUT2D eigenvalue weighted by molar-refractivity contribution is -0.143. The van der Waals surface area contributed by atoms with Crippen LogP contribution < -0.4 is 5.63 Å². The zero-order valence-electron chi connectivity index (χ0n) is 14.9. The minimum Gasteiger partial charge on any atom is -0.423 e. The number of nitrogens with zero attached hydrogens (tertiary/aromatic N) is 2. The Morgan fingerprint density at radius 1 is 1.00 bits per heavy atom. The van der Waals surface area contributed by atoms with Crippen LogP contribution in [-0.2, 0) is 22.6 Å². The molecule has 1 aromatic carbocycles. The van der Waals surface area contributed by atoms with Crippen LogP contribution in [0.1, 0.15) is 31.9 Å². The molecule has 3 rings (SSSR count). The van der Waals surface area contributed by atoms with E-state index in [0.717, 1.165) is 21.8 Å². The highest BCUT2D eigenvalue weighted by Crippen LogP contribution is 2.23. The van der Waals surface area contributed by atoms with Crippen molar-refractivity contribution in [3.05, 3.63) is 45.8 Å². The highest BCUT2D eigenvalue weighted by molar-refractivity contribution is 6.44. The van der Waals surface area contributed by atoms with Crippen molar-refractivity contribution in [1.82, 2.24) is 9.80 Å². The number of carbonyl (C=O) groups is 3. The van der Waals surface area contributed by atoms with Crippen LogP contribution in [0.25, 0.3) is 11.0 Å². The molecular formula is C19H20N2O5. The Labute approximate surface area is 150 Å². The molecule has 1 aromatic heterocycles. The predicted molar refractivity (Wildman–Crippen MR) is 94.4 cm³/mol. The maximum absolute atomic E-state index is 12.5. The first-order chi connectivity index (χ1) is 12.3. The Morgan fingerprint density at radius 2 is 1.69 bits per heavy atom. The number of benzene rings is 1. The first kappa shape index (κ1) is 17.8. The molecule has 0 N–H and O–H groups in total. The first-order valence-corrected chi connectivity index (χ1v) is 8.54. The molecule has 4 amide bonds. The van der Waals surface area contributed by atoms with Gasteiger partial charge in [0.15, 0.2) is 0 Å². The summed E-state index contributed by atoms with van der Waals surface area (Å²) in [4.78, 5) is 50.6. The second-order valence-electron chi connectivity index (χ2n) is 6.76. The van der Waals surface area contributed by atoms with E-state index in [0.29, 0.717) is 16.5 Å². The van der Waals surface area contributed by atoms with Gasteiger partial charge in [-0.1, -0.05) is 32.9 Å². The number of imide groups is 2. The van der Waals surface area contributed by atoms with Gasteiger partial charge in [-0.05, 0) is 29.5 Å². The molecule has 7 nitrogen and oxygen atoms in total. The molecule has 0 unspecified atom stereocenters. The lowest BCUT2D eigenvalue weighted by atomic mass is 10.1. The van der Waals surface area contributed by atoms with Gasteiger partial charge >= 0.3 is 23.5 Å². The Hall–Kier alpha value is -2.96. The average molecular weight is 356 g/mol. The fourth-order valence-electron chi connectivity index (χ4n) is 3.01. The van der Waals surface area contributed by atoms with Crippen LogP contribution >= 0.6 is 0 Å². The van der Waals surface area contributed by atoms with Crippen LogP contribution in [0.15, 0.2) is 33.5 Å². The van der Waals surface area contributed by atoms with E-state index in [4.69, 9.17) is 4.42 Å². The number of amides is 4. The molecule has 0 radical (unpaired) electrons. The van der Waals surface area contributed by atoms with Gasteiger partial charge in [-0.15, -0.1) is 0 Å². The number of aryl methyl sites for hydroxylation is 1. The maximum Gasteiger partial charge on any atom is 0.336 e. The van der Waals surface area contributed by atoms with Crippen LogP contribution in [0.4, 0.5) is 4.79 Å². The van der Waals surface area contributed by atoms with Crippen molar-refractivity contribution in [2.75, 3.05) is 6.54 Å². The van der Waals surface area contributed by atoms with Gasteiger partial charge in [0.05, 0.1) is 6.54 Å². The third kappa shape index (κ3) is 3.12. The molecule has 1 saturated heterocycles. The van der Waals surface area contributed by atoms with Crippen molar-refractivity contribution in [2.24, 2.45) is 5.92 Å². The van der Waals surface area contributed by atoms with Crippen LogP contribution in [0, 0.1) is 5.92 Å². The van der Waals surface area contributed by atoms with Gasteiger partial charge < -0.3 is 4.42 Å². The molecule has 0 bridgehead atoms. The summed E-state index contributed by atoms with van der Waals surface area (Å²) in [6, 6.07) is 6.06. The summed E-state index contributed by atoms with van der Waals surface area (Å²) in [7, 11) is 0. The van der Waals surface area contributed by atoms with Crippen molar-refractivity contribution in [3.63, 3.8) is 0 Å². The third-order valence-corrected chi connectivity index (χ3v) is 4.31. The SMILES string of the molecule is CCc1ccc2c(CN3C(=O)C(=O)N(CC(C)C)C3=O)cc(=O)oc2c1. The highest BCUT2D eigenvalue weighted by Gasteiger charge is 2.44. The number of hydrogen-bond acceptors (Lipinski definition) is 5. The Bertz CT molecular complexity index is 960. The summed E-state index contributed by atoms with van der Waals surface area (Å²) < 4.78 is 5.24. The molecule has 1 aliphatic heterocycles. The van der Waals surface area contributed by atoms with E-state index in [1.807, 2.05) is 26.8 Å². The monoisotopic (exact) mass is 356 g/mol. The molecular weight excluding hydrogens is 336 g/mol. The fraction of sp³-hybridized carbons (Fsp3) is 0.368. The highest BCUT2D eigenvalue weighted by atomic mass is 16.4. The smallest absolute Gasteiger partial charge is 0.336 e. The number of urea groups is 1. The van der Waals surface area contributed by atoms with Gasteiger partial charge in [-0.2, -0.15) is 0 Å². The van der Waals surface area contributed by atoms with Crippen molar-refractivity contribution in [3.8, 4) is 0 Å². The zero-order chi connectivity index (χ0) is 19.0. The topological polar surface area (TPSA) is 87.9 Å². The van der Waals surface area contributed by atoms with Crippen molar-refractivity contribution in [2.45, 2.75) is 33.7 Å². The summed E-state index contributed by atoms with van der Waals surface area (Å²) in [5.74, 6) is -1.65. The Kier molecular flexibility index (Phi) is 4.63. The van der Waals surface area contributed by atoms with E-state index < -0.39 is 23.5 Å². The quantitative estimate of drug-likeness (QED) is 0.466. The van der Waals surface area contributed by atoms with Crippen LogP contribution in [0.2, 0.25) is 0 Å². The minimum atomic E-state index is -0.873. The van der Waals surface area contributed by atoms with E-state index in [2.05, 4.69) is 0 Å². The van der Waals surface area contributed by atoms with Gasteiger partial charge in [0.25, 0.3) is 0 Å². The third-order valence-electron chi connectivity index (χ3n) is 4.31. The van der Waals surface area contributed by atoms with Crippen LogP contribution in [-0.4, -0.2) is 34.2 Å². The molecule has 0 saturated carbocycles. The molecule has 2 heterocycles. The van der Waals surface area contributed by atoms with Crippen LogP contribution in [0.3, 0.4) is 0 Å². The summed E-state index contributed by atoms with van der Waals surface area (Å²) >= 11 is 0. The number of hydrogen-bond donors (Lipinski definition) is 0. The standard InChI is InChI=1S/C19H20N2O5/c1-4-12-5-6-14-13(8-16(22)26-15(14)7-12)10-21-18(24)17(23)20(19(21)25)9-11(2)3/h5-8,11H,4,9-10H2,1-3H3.